The number of rotatable bonds is 6. The van der Waals surface area contributed by atoms with Crippen LogP contribution in [-0.2, 0) is 11.4 Å². The molecule has 0 aromatic heterocycles. The summed E-state index contributed by atoms with van der Waals surface area (Å²) in [7, 11) is 0. The minimum Gasteiger partial charge on any atom is -0.489 e. The van der Waals surface area contributed by atoms with Gasteiger partial charge in [-0.05, 0) is 94.3 Å². The van der Waals surface area contributed by atoms with Crippen LogP contribution in [-0.4, -0.2) is 22.5 Å². The Hall–Kier alpha value is -2.25. The maximum Gasteiger partial charge on any atom is 0.266 e. The van der Waals surface area contributed by atoms with E-state index >= 15 is 0 Å². The van der Waals surface area contributed by atoms with E-state index in [4.69, 9.17) is 27.9 Å². The number of carbonyl (C=O) groups excluding carboxylic acids is 1. The molecule has 0 radical (unpaired) electrons. The molecule has 0 aliphatic carbocycles. The summed E-state index contributed by atoms with van der Waals surface area (Å²) < 4.78 is 6.64. The number of amidine groups is 1. The predicted molar refractivity (Wildman–Crippen MR) is 141 cm³/mol. The van der Waals surface area contributed by atoms with Crippen LogP contribution in [0.1, 0.15) is 18.1 Å². The van der Waals surface area contributed by atoms with Crippen molar-refractivity contribution in [2.45, 2.75) is 13.5 Å². The van der Waals surface area contributed by atoms with E-state index in [-0.39, 0.29) is 5.91 Å². The second-order valence-electron chi connectivity index (χ2n) is 7.14. The SMILES string of the molecule is CCN1C(=O)/C(=C/c2ccc(OCc3ccc(Cl)cc3)cc2)SC1=Nc1ccc(Br)c(Cl)c1. The van der Waals surface area contributed by atoms with Gasteiger partial charge in [-0.3, -0.25) is 9.69 Å². The third-order valence-corrected chi connectivity index (χ3v) is 7.32. The molecule has 0 bridgehead atoms. The Labute approximate surface area is 215 Å². The number of benzene rings is 3. The maximum absolute atomic E-state index is 12.9. The lowest BCUT2D eigenvalue weighted by molar-refractivity contribution is -0.122. The van der Waals surface area contributed by atoms with E-state index < -0.39 is 0 Å². The van der Waals surface area contributed by atoms with Gasteiger partial charge >= 0.3 is 0 Å². The van der Waals surface area contributed by atoms with Crippen LogP contribution >= 0.6 is 50.9 Å². The van der Waals surface area contributed by atoms with Crippen molar-refractivity contribution in [3.63, 3.8) is 0 Å². The molecule has 3 aromatic rings. The van der Waals surface area contributed by atoms with Gasteiger partial charge in [0.15, 0.2) is 5.17 Å². The number of amides is 1. The quantitative estimate of drug-likeness (QED) is 0.287. The van der Waals surface area contributed by atoms with Crippen molar-refractivity contribution in [1.82, 2.24) is 4.90 Å². The molecular formula is C25H19BrCl2N2O2S. The van der Waals surface area contributed by atoms with Gasteiger partial charge in [0.2, 0.25) is 0 Å². The Kier molecular flexibility index (Phi) is 7.81. The third kappa shape index (κ3) is 6.01. The van der Waals surface area contributed by atoms with Gasteiger partial charge < -0.3 is 4.74 Å². The Bertz CT molecular complexity index is 1230. The largest absolute Gasteiger partial charge is 0.489 e. The number of halogens is 3. The summed E-state index contributed by atoms with van der Waals surface area (Å²) in [6, 6.07) is 20.7. The Morgan fingerprint density at radius 3 is 2.45 bits per heavy atom. The van der Waals surface area contributed by atoms with Crippen molar-refractivity contribution >= 4 is 73.7 Å². The molecule has 8 heteroatoms. The molecule has 0 atom stereocenters. The van der Waals surface area contributed by atoms with Gasteiger partial charge in [-0.15, -0.1) is 0 Å². The van der Waals surface area contributed by atoms with Crippen LogP contribution in [0.25, 0.3) is 6.08 Å². The first-order valence-corrected chi connectivity index (χ1v) is 12.5. The number of nitrogens with zero attached hydrogens (tertiary/aromatic N) is 2. The lowest BCUT2D eigenvalue weighted by Crippen LogP contribution is -2.28. The highest BCUT2D eigenvalue weighted by molar-refractivity contribution is 9.10. The molecule has 168 valence electrons. The first-order chi connectivity index (χ1) is 15.9. The van der Waals surface area contributed by atoms with Gasteiger partial charge in [0.25, 0.3) is 5.91 Å². The molecule has 4 nitrogen and oxygen atoms in total. The third-order valence-electron chi connectivity index (χ3n) is 4.83. The average molecular weight is 562 g/mol. The molecule has 3 aromatic carbocycles. The Morgan fingerprint density at radius 2 is 1.79 bits per heavy atom. The van der Waals surface area contributed by atoms with E-state index in [1.807, 2.05) is 73.7 Å². The smallest absolute Gasteiger partial charge is 0.266 e. The lowest BCUT2D eigenvalue weighted by atomic mass is 10.2. The van der Waals surface area contributed by atoms with Gasteiger partial charge in [0.1, 0.15) is 12.4 Å². The monoisotopic (exact) mass is 560 g/mol. The molecule has 0 N–H and O–H groups in total. The summed E-state index contributed by atoms with van der Waals surface area (Å²) in [5.74, 6) is 0.689. The number of hydrogen-bond acceptors (Lipinski definition) is 4. The fraction of sp³-hybridized carbons (Fsp3) is 0.120. The standard InChI is InChI=1S/C25H19BrCl2N2O2S/c1-2-30-24(31)23(33-25(30)29-19-9-12-21(26)22(28)14-19)13-16-5-10-20(11-6-16)32-15-17-3-7-18(27)8-4-17/h3-14H,2,15H2,1H3/b23-13-,29-25?. The van der Waals surface area contributed by atoms with Crippen molar-refractivity contribution in [3.8, 4) is 5.75 Å². The zero-order chi connectivity index (χ0) is 23.4. The predicted octanol–water partition coefficient (Wildman–Crippen LogP) is 7.96. The topological polar surface area (TPSA) is 41.9 Å². The van der Waals surface area contributed by atoms with Crippen LogP contribution in [0, 0.1) is 0 Å². The summed E-state index contributed by atoms with van der Waals surface area (Å²) in [6.07, 6.45) is 1.87. The zero-order valence-electron chi connectivity index (χ0n) is 17.6. The normalized spacial score (nSPS) is 16.1. The van der Waals surface area contributed by atoms with E-state index in [2.05, 4.69) is 20.9 Å². The number of thioether (sulfide) groups is 1. The lowest BCUT2D eigenvalue weighted by Gasteiger charge is -2.12. The van der Waals surface area contributed by atoms with Crippen LogP contribution in [0.5, 0.6) is 5.75 Å². The molecule has 0 saturated carbocycles. The van der Waals surface area contributed by atoms with Crippen LogP contribution in [0.3, 0.4) is 0 Å². The van der Waals surface area contributed by atoms with Crippen LogP contribution in [0.15, 0.2) is 81.1 Å². The van der Waals surface area contributed by atoms with Crippen LogP contribution in [0.4, 0.5) is 5.69 Å². The molecular weight excluding hydrogens is 543 g/mol. The summed E-state index contributed by atoms with van der Waals surface area (Å²) in [6.45, 7) is 2.92. The average Bonchev–Trinajstić information content (AvgIpc) is 3.10. The van der Waals surface area contributed by atoms with E-state index in [0.29, 0.717) is 39.0 Å². The number of carbonyl (C=O) groups is 1. The summed E-state index contributed by atoms with van der Waals surface area (Å²) in [4.78, 5) is 19.8. The molecule has 1 fully saturated rings. The van der Waals surface area contributed by atoms with E-state index in [9.17, 15) is 4.79 Å². The summed E-state index contributed by atoms with van der Waals surface area (Å²) >= 11 is 16.8. The molecule has 1 saturated heterocycles. The fourth-order valence-electron chi connectivity index (χ4n) is 3.09. The summed E-state index contributed by atoms with van der Waals surface area (Å²) in [5, 5.41) is 1.91. The highest BCUT2D eigenvalue weighted by Gasteiger charge is 2.32. The molecule has 1 aliphatic rings. The minimum atomic E-state index is -0.0625. The van der Waals surface area contributed by atoms with Gasteiger partial charge in [-0.25, -0.2) is 4.99 Å². The molecule has 1 amide bonds. The van der Waals surface area contributed by atoms with Crippen molar-refractivity contribution in [2.75, 3.05) is 6.54 Å². The van der Waals surface area contributed by atoms with E-state index in [1.54, 1.807) is 11.0 Å². The molecule has 1 heterocycles. The van der Waals surface area contributed by atoms with E-state index in [1.165, 1.54) is 11.8 Å². The molecule has 0 spiro atoms. The van der Waals surface area contributed by atoms with Crippen LogP contribution in [0.2, 0.25) is 10.0 Å². The first-order valence-electron chi connectivity index (χ1n) is 10.2. The molecule has 1 aliphatic heterocycles. The maximum atomic E-state index is 12.9. The number of likely N-dealkylation sites (N-methyl/N-ethyl adjacent to an activating group) is 1. The van der Waals surface area contributed by atoms with Crippen molar-refractivity contribution in [2.24, 2.45) is 4.99 Å². The second-order valence-corrected chi connectivity index (χ2v) is 9.84. The van der Waals surface area contributed by atoms with Crippen molar-refractivity contribution in [3.05, 3.63) is 97.3 Å². The summed E-state index contributed by atoms with van der Waals surface area (Å²) in [5.41, 5.74) is 2.64. The number of ether oxygens (including phenoxy) is 1. The minimum absolute atomic E-state index is 0.0625. The van der Waals surface area contributed by atoms with Gasteiger partial charge in [0, 0.05) is 16.0 Å². The highest BCUT2D eigenvalue weighted by Crippen LogP contribution is 2.35. The van der Waals surface area contributed by atoms with Crippen LogP contribution < -0.4 is 4.74 Å². The van der Waals surface area contributed by atoms with E-state index in [0.717, 1.165) is 21.3 Å². The fourth-order valence-corrected chi connectivity index (χ4v) is 4.70. The second kappa shape index (κ2) is 10.8. The molecule has 33 heavy (non-hydrogen) atoms. The Morgan fingerprint density at radius 1 is 1.06 bits per heavy atom. The molecule has 4 rings (SSSR count). The van der Waals surface area contributed by atoms with Crippen molar-refractivity contribution < 1.29 is 9.53 Å². The van der Waals surface area contributed by atoms with Gasteiger partial charge in [0.05, 0.1) is 15.6 Å². The highest BCUT2D eigenvalue weighted by atomic mass is 79.9. The Balaban J connectivity index is 1.47. The number of hydrogen-bond donors (Lipinski definition) is 0. The first kappa shape index (κ1) is 23.9. The van der Waals surface area contributed by atoms with Crippen molar-refractivity contribution in [1.29, 1.82) is 0 Å². The van der Waals surface area contributed by atoms with Gasteiger partial charge in [-0.1, -0.05) is 47.5 Å². The number of aliphatic imine (C=N–C) groups is 1. The molecule has 0 unspecified atom stereocenters. The zero-order valence-corrected chi connectivity index (χ0v) is 21.5. The van der Waals surface area contributed by atoms with Gasteiger partial charge in [-0.2, -0.15) is 0 Å².